The number of alkyl halides is 3. The molecule has 0 aliphatic carbocycles. The van der Waals surface area contributed by atoms with E-state index in [4.69, 9.17) is 0 Å². The zero-order valence-electron chi connectivity index (χ0n) is 6.69. The lowest BCUT2D eigenvalue weighted by Gasteiger charge is -2.04. The van der Waals surface area contributed by atoms with Crippen molar-refractivity contribution in [2.45, 2.75) is 6.18 Å². The van der Waals surface area contributed by atoms with Crippen molar-refractivity contribution in [1.29, 1.82) is 0 Å². The number of H-pyrrole nitrogens is 1. The van der Waals surface area contributed by atoms with Gasteiger partial charge in [0.15, 0.2) is 0 Å². The van der Waals surface area contributed by atoms with Crippen LogP contribution in [0.15, 0.2) is 22.8 Å². The van der Waals surface area contributed by atoms with Gasteiger partial charge in [-0.05, 0) is 28.1 Å². The van der Waals surface area contributed by atoms with Crippen molar-refractivity contribution in [1.82, 2.24) is 9.97 Å². The van der Waals surface area contributed by atoms with E-state index in [1.54, 1.807) is 6.20 Å². The molecule has 6 heteroatoms. The molecular weight excluding hydrogens is 261 g/mol. The van der Waals surface area contributed by atoms with E-state index < -0.39 is 11.9 Å². The average molecular weight is 265 g/mol. The Bertz CT molecular complexity index is 475. The second-order valence-corrected chi connectivity index (χ2v) is 3.58. The molecule has 0 spiro atoms. The lowest BCUT2D eigenvalue weighted by molar-refractivity contribution is -0.141. The normalized spacial score (nSPS) is 12.3. The van der Waals surface area contributed by atoms with Gasteiger partial charge in [-0.3, -0.25) is 0 Å². The largest absolute Gasteiger partial charge is 0.433 e. The summed E-state index contributed by atoms with van der Waals surface area (Å²) >= 11 is 3.19. The van der Waals surface area contributed by atoms with Crippen LogP contribution in [0.25, 0.3) is 11.0 Å². The quantitative estimate of drug-likeness (QED) is 0.777. The summed E-state index contributed by atoms with van der Waals surface area (Å²) in [5.41, 5.74) is -0.661. The highest BCUT2D eigenvalue weighted by Crippen LogP contribution is 2.30. The van der Waals surface area contributed by atoms with E-state index in [9.17, 15) is 13.2 Å². The number of aromatic nitrogens is 2. The highest BCUT2D eigenvalue weighted by Gasteiger charge is 2.32. The third-order valence-corrected chi connectivity index (χ3v) is 2.43. The van der Waals surface area contributed by atoms with E-state index in [-0.39, 0.29) is 5.65 Å². The molecule has 0 saturated heterocycles. The van der Waals surface area contributed by atoms with Gasteiger partial charge in [-0.15, -0.1) is 0 Å². The molecule has 0 unspecified atom stereocenters. The summed E-state index contributed by atoms with van der Waals surface area (Å²) in [7, 11) is 0. The summed E-state index contributed by atoms with van der Waals surface area (Å²) in [6.07, 6.45) is -2.84. The maximum Gasteiger partial charge on any atom is 0.433 e. The van der Waals surface area contributed by atoms with Crippen LogP contribution in [0.2, 0.25) is 0 Å². The standard InChI is InChI=1S/C8H4BrF3N2/c9-5-3-13-7-4(5)1-2-6(14-7)8(10,11)12/h1-3H,(H,13,14). The first-order valence-electron chi connectivity index (χ1n) is 3.69. The fraction of sp³-hybridized carbons (Fsp3) is 0.125. The molecule has 0 aromatic carbocycles. The van der Waals surface area contributed by atoms with Crippen LogP contribution in [0.5, 0.6) is 0 Å². The molecule has 0 atom stereocenters. The molecule has 0 aliphatic rings. The van der Waals surface area contributed by atoms with Crippen LogP contribution in [0.4, 0.5) is 13.2 Å². The van der Waals surface area contributed by atoms with Gasteiger partial charge < -0.3 is 4.98 Å². The summed E-state index contributed by atoms with van der Waals surface area (Å²) in [6.45, 7) is 0. The first-order valence-corrected chi connectivity index (χ1v) is 4.48. The minimum Gasteiger partial charge on any atom is -0.345 e. The molecule has 2 aromatic heterocycles. The minimum absolute atomic E-state index is 0.228. The van der Waals surface area contributed by atoms with E-state index in [0.29, 0.717) is 9.86 Å². The highest BCUT2D eigenvalue weighted by atomic mass is 79.9. The molecule has 2 aromatic rings. The Morgan fingerprint density at radius 1 is 1.29 bits per heavy atom. The van der Waals surface area contributed by atoms with Crippen LogP contribution < -0.4 is 0 Å². The first-order chi connectivity index (χ1) is 6.48. The molecule has 0 aliphatic heterocycles. The van der Waals surface area contributed by atoms with E-state index in [2.05, 4.69) is 25.9 Å². The maximum atomic E-state index is 12.2. The van der Waals surface area contributed by atoms with Crippen LogP contribution in [0, 0.1) is 0 Å². The van der Waals surface area contributed by atoms with Crippen molar-refractivity contribution in [3.63, 3.8) is 0 Å². The van der Waals surface area contributed by atoms with Gasteiger partial charge in [0.2, 0.25) is 0 Å². The van der Waals surface area contributed by atoms with Crippen molar-refractivity contribution in [2.24, 2.45) is 0 Å². The fourth-order valence-electron chi connectivity index (χ4n) is 1.13. The molecule has 0 bridgehead atoms. The monoisotopic (exact) mass is 264 g/mol. The maximum absolute atomic E-state index is 12.2. The van der Waals surface area contributed by atoms with Gasteiger partial charge in [0.05, 0.1) is 0 Å². The van der Waals surface area contributed by atoms with Gasteiger partial charge in [0.25, 0.3) is 0 Å². The molecule has 0 saturated carbocycles. The van der Waals surface area contributed by atoms with Crippen LogP contribution in [0.3, 0.4) is 0 Å². The minimum atomic E-state index is -4.40. The van der Waals surface area contributed by atoms with Crippen molar-refractivity contribution in [2.75, 3.05) is 0 Å². The fourth-order valence-corrected chi connectivity index (χ4v) is 1.56. The smallest absolute Gasteiger partial charge is 0.345 e. The van der Waals surface area contributed by atoms with Crippen molar-refractivity contribution >= 4 is 27.0 Å². The van der Waals surface area contributed by atoms with Crippen molar-refractivity contribution in [3.05, 3.63) is 28.5 Å². The molecule has 2 heterocycles. The topological polar surface area (TPSA) is 28.7 Å². The van der Waals surface area contributed by atoms with Gasteiger partial charge in [0, 0.05) is 16.1 Å². The summed E-state index contributed by atoms with van der Waals surface area (Å²) in [5.74, 6) is 0. The average Bonchev–Trinajstić information content (AvgIpc) is 2.46. The molecular formula is C8H4BrF3N2. The number of nitrogens with one attached hydrogen (secondary N) is 1. The SMILES string of the molecule is FC(F)(F)c1ccc2c(Br)c[nH]c2n1. The molecule has 2 nitrogen and oxygen atoms in total. The van der Waals surface area contributed by atoms with Gasteiger partial charge in [-0.1, -0.05) is 0 Å². The second kappa shape index (κ2) is 2.98. The molecule has 2 rings (SSSR count). The number of aromatic amines is 1. The van der Waals surface area contributed by atoms with E-state index in [0.717, 1.165) is 6.07 Å². The third kappa shape index (κ3) is 1.50. The van der Waals surface area contributed by atoms with Gasteiger partial charge in [-0.25, -0.2) is 4.98 Å². The van der Waals surface area contributed by atoms with Crippen LogP contribution in [-0.4, -0.2) is 9.97 Å². The molecule has 74 valence electrons. The number of fused-ring (bicyclic) bond motifs is 1. The number of pyridine rings is 1. The number of nitrogens with zero attached hydrogens (tertiary/aromatic N) is 1. The Balaban J connectivity index is 2.63. The number of halogens is 4. The number of hydrogen-bond donors (Lipinski definition) is 1. The predicted octanol–water partition coefficient (Wildman–Crippen LogP) is 3.34. The summed E-state index contributed by atoms with van der Waals surface area (Å²) in [5, 5.41) is 0.637. The van der Waals surface area contributed by atoms with Crippen molar-refractivity contribution in [3.8, 4) is 0 Å². The lowest BCUT2D eigenvalue weighted by Crippen LogP contribution is -2.07. The Hall–Kier alpha value is -1.04. The third-order valence-electron chi connectivity index (χ3n) is 1.78. The molecule has 1 N–H and O–H groups in total. The van der Waals surface area contributed by atoms with Gasteiger partial charge in [0.1, 0.15) is 11.3 Å². The number of rotatable bonds is 0. The zero-order valence-corrected chi connectivity index (χ0v) is 8.28. The second-order valence-electron chi connectivity index (χ2n) is 2.73. The van der Waals surface area contributed by atoms with E-state index in [1.807, 2.05) is 0 Å². The summed E-state index contributed by atoms with van der Waals surface area (Å²) < 4.78 is 37.4. The van der Waals surface area contributed by atoms with Gasteiger partial charge >= 0.3 is 6.18 Å². The Kier molecular flexibility index (Phi) is 2.02. The lowest BCUT2D eigenvalue weighted by atomic mass is 10.3. The van der Waals surface area contributed by atoms with Crippen LogP contribution in [-0.2, 0) is 6.18 Å². The molecule has 0 radical (unpaired) electrons. The molecule has 0 amide bonds. The van der Waals surface area contributed by atoms with Crippen LogP contribution in [0.1, 0.15) is 5.69 Å². The predicted molar refractivity (Wildman–Crippen MR) is 48.8 cm³/mol. The Morgan fingerprint density at radius 3 is 2.64 bits per heavy atom. The van der Waals surface area contributed by atoms with Gasteiger partial charge in [-0.2, -0.15) is 13.2 Å². The Morgan fingerprint density at radius 2 is 2.00 bits per heavy atom. The van der Waals surface area contributed by atoms with Crippen molar-refractivity contribution < 1.29 is 13.2 Å². The highest BCUT2D eigenvalue weighted by molar-refractivity contribution is 9.10. The molecule has 14 heavy (non-hydrogen) atoms. The van der Waals surface area contributed by atoms with E-state index >= 15 is 0 Å². The van der Waals surface area contributed by atoms with Crippen LogP contribution >= 0.6 is 15.9 Å². The first kappa shape index (κ1) is 9.51. The molecule has 0 fully saturated rings. The summed E-state index contributed by atoms with van der Waals surface area (Å²) in [6, 6.07) is 2.34. The number of hydrogen-bond acceptors (Lipinski definition) is 1. The zero-order chi connectivity index (χ0) is 10.3. The van der Waals surface area contributed by atoms with E-state index in [1.165, 1.54) is 6.07 Å². The summed E-state index contributed by atoms with van der Waals surface area (Å²) in [4.78, 5) is 6.10. The Labute approximate surface area is 85.3 Å².